The molecule has 4 heterocycles. The second-order valence-corrected chi connectivity index (χ2v) is 6.96. The number of hydrogen-bond donors (Lipinski definition) is 0. The van der Waals surface area contributed by atoms with Crippen LogP contribution in [0, 0.1) is 0 Å². The van der Waals surface area contributed by atoms with Crippen molar-refractivity contribution in [2.75, 3.05) is 36.0 Å². The lowest BCUT2D eigenvalue weighted by molar-refractivity contribution is 0.582. The zero-order valence-electron chi connectivity index (χ0n) is 16.0. The Morgan fingerprint density at radius 1 is 0.690 bits per heavy atom. The maximum atomic E-state index is 5.49. The first-order chi connectivity index (χ1) is 14.4. The third-order valence-electron chi connectivity index (χ3n) is 5.25. The molecule has 1 aliphatic rings. The Morgan fingerprint density at radius 2 is 1.38 bits per heavy atom. The first-order valence-electron chi connectivity index (χ1n) is 9.74. The average molecular weight is 383 g/mol. The molecule has 0 amide bonds. The van der Waals surface area contributed by atoms with E-state index in [1.165, 1.54) is 5.69 Å². The van der Waals surface area contributed by atoms with Crippen molar-refractivity contribution >= 4 is 11.5 Å². The molecule has 6 heteroatoms. The van der Waals surface area contributed by atoms with Gasteiger partial charge in [-0.15, -0.1) is 0 Å². The van der Waals surface area contributed by atoms with Crippen LogP contribution < -0.4 is 9.80 Å². The van der Waals surface area contributed by atoms with Crippen molar-refractivity contribution in [3.05, 3.63) is 79.6 Å². The lowest BCUT2D eigenvalue weighted by Crippen LogP contribution is -2.47. The second kappa shape index (κ2) is 7.75. The minimum Gasteiger partial charge on any atom is -0.464 e. The van der Waals surface area contributed by atoms with Crippen molar-refractivity contribution in [2.24, 2.45) is 0 Å². The van der Waals surface area contributed by atoms with Crippen LogP contribution in [0.2, 0.25) is 0 Å². The van der Waals surface area contributed by atoms with Crippen molar-refractivity contribution in [3.63, 3.8) is 0 Å². The van der Waals surface area contributed by atoms with Crippen LogP contribution in [0.25, 0.3) is 22.6 Å². The molecule has 0 N–H and O–H groups in total. The van der Waals surface area contributed by atoms with Gasteiger partial charge in [-0.3, -0.25) is 9.97 Å². The summed E-state index contributed by atoms with van der Waals surface area (Å²) in [6.45, 7) is 3.69. The third-order valence-corrected chi connectivity index (χ3v) is 5.25. The molecule has 0 saturated carbocycles. The predicted octanol–water partition coefficient (Wildman–Crippen LogP) is 4.13. The van der Waals surface area contributed by atoms with Crippen LogP contribution in [0.3, 0.4) is 0 Å². The standard InChI is InChI=1S/C23H21N5O/c1-2-21(29-17-1)18-3-5-19(6-4-18)22-23(26-12-11-25-22)28-15-13-27(14-16-28)20-7-9-24-10-8-20/h1-12,17H,13-16H2. The molecule has 1 fully saturated rings. The summed E-state index contributed by atoms with van der Waals surface area (Å²) in [5.74, 6) is 1.80. The van der Waals surface area contributed by atoms with E-state index in [-0.39, 0.29) is 0 Å². The van der Waals surface area contributed by atoms with Gasteiger partial charge < -0.3 is 14.2 Å². The molecule has 1 aromatic carbocycles. The summed E-state index contributed by atoms with van der Waals surface area (Å²) >= 11 is 0. The van der Waals surface area contributed by atoms with Gasteiger partial charge in [0.15, 0.2) is 5.82 Å². The highest BCUT2D eigenvalue weighted by molar-refractivity contribution is 5.74. The van der Waals surface area contributed by atoms with Gasteiger partial charge in [0.2, 0.25) is 0 Å². The van der Waals surface area contributed by atoms with E-state index in [0.29, 0.717) is 0 Å². The first-order valence-corrected chi connectivity index (χ1v) is 9.74. The molecule has 4 aromatic rings. The summed E-state index contributed by atoms with van der Waals surface area (Å²) in [7, 11) is 0. The lowest BCUT2D eigenvalue weighted by Gasteiger charge is -2.37. The first kappa shape index (κ1) is 17.4. The van der Waals surface area contributed by atoms with Crippen LogP contribution in [0.5, 0.6) is 0 Å². The Bertz CT molecular complexity index is 1060. The summed E-state index contributed by atoms with van der Waals surface area (Å²) in [5, 5.41) is 0. The van der Waals surface area contributed by atoms with Crippen molar-refractivity contribution in [2.45, 2.75) is 0 Å². The van der Waals surface area contributed by atoms with Gasteiger partial charge in [0, 0.05) is 67.8 Å². The summed E-state index contributed by atoms with van der Waals surface area (Å²) < 4.78 is 5.49. The quantitative estimate of drug-likeness (QED) is 0.528. The van der Waals surface area contributed by atoms with Crippen LogP contribution in [-0.4, -0.2) is 41.1 Å². The Hall–Kier alpha value is -3.67. The Balaban J connectivity index is 1.36. The smallest absolute Gasteiger partial charge is 0.155 e. The van der Waals surface area contributed by atoms with E-state index in [4.69, 9.17) is 4.42 Å². The monoisotopic (exact) mass is 383 g/mol. The van der Waals surface area contributed by atoms with Gasteiger partial charge in [0.1, 0.15) is 11.5 Å². The molecule has 29 heavy (non-hydrogen) atoms. The zero-order chi connectivity index (χ0) is 19.5. The van der Waals surface area contributed by atoms with E-state index >= 15 is 0 Å². The minimum atomic E-state index is 0.864. The molecule has 0 unspecified atom stereocenters. The highest BCUT2D eigenvalue weighted by atomic mass is 16.3. The van der Waals surface area contributed by atoms with Crippen LogP contribution >= 0.6 is 0 Å². The highest BCUT2D eigenvalue weighted by Crippen LogP contribution is 2.30. The molecular formula is C23H21N5O. The summed E-state index contributed by atoms with van der Waals surface area (Å²) in [4.78, 5) is 18.1. The number of aromatic nitrogens is 3. The Morgan fingerprint density at radius 3 is 2.10 bits per heavy atom. The number of anilines is 2. The molecule has 0 radical (unpaired) electrons. The molecular weight excluding hydrogens is 362 g/mol. The van der Waals surface area contributed by atoms with Gasteiger partial charge in [-0.25, -0.2) is 4.98 Å². The molecule has 0 atom stereocenters. The number of nitrogens with zero attached hydrogens (tertiary/aromatic N) is 5. The van der Waals surface area contributed by atoms with E-state index in [0.717, 1.165) is 54.6 Å². The van der Waals surface area contributed by atoms with Crippen LogP contribution in [-0.2, 0) is 0 Å². The average Bonchev–Trinajstić information content (AvgIpc) is 3.35. The second-order valence-electron chi connectivity index (χ2n) is 6.96. The number of benzene rings is 1. The fraction of sp³-hybridized carbons (Fsp3) is 0.174. The van der Waals surface area contributed by atoms with Crippen molar-refractivity contribution in [1.82, 2.24) is 15.0 Å². The largest absolute Gasteiger partial charge is 0.464 e. The number of hydrogen-bond acceptors (Lipinski definition) is 6. The molecule has 5 rings (SSSR count). The predicted molar refractivity (Wildman–Crippen MR) is 114 cm³/mol. The summed E-state index contributed by atoms with van der Waals surface area (Å²) in [5.41, 5.74) is 4.23. The minimum absolute atomic E-state index is 0.864. The summed E-state index contributed by atoms with van der Waals surface area (Å²) in [6, 6.07) is 16.3. The van der Waals surface area contributed by atoms with Gasteiger partial charge in [0.05, 0.1) is 6.26 Å². The zero-order valence-corrected chi connectivity index (χ0v) is 16.0. The molecule has 0 spiro atoms. The molecule has 0 bridgehead atoms. The van der Waals surface area contributed by atoms with Crippen LogP contribution in [0.4, 0.5) is 11.5 Å². The van der Waals surface area contributed by atoms with Crippen molar-refractivity contribution in [1.29, 1.82) is 0 Å². The SMILES string of the molecule is c1coc(-c2ccc(-c3nccnc3N3CCN(c4ccncc4)CC3)cc2)c1. The number of furan rings is 1. The number of piperazine rings is 1. The Kier molecular flexibility index (Phi) is 4.66. The molecule has 3 aromatic heterocycles. The molecule has 1 aliphatic heterocycles. The number of pyridine rings is 1. The maximum absolute atomic E-state index is 5.49. The summed E-state index contributed by atoms with van der Waals surface area (Å²) in [6.07, 6.45) is 8.90. The van der Waals surface area contributed by atoms with Gasteiger partial charge >= 0.3 is 0 Å². The topological polar surface area (TPSA) is 58.3 Å². The van der Waals surface area contributed by atoms with E-state index in [9.17, 15) is 0 Å². The maximum Gasteiger partial charge on any atom is 0.155 e. The van der Waals surface area contributed by atoms with E-state index in [2.05, 4.69) is 61.1 Å². The molecule has 6 nitrogen and oxygen atoms in total. The van der Waals surface area contributed by atoms with E-state index in [1.807, 2.05) is 24.5 Å². The fourth-order valence-corrected chi connectivity index (χ4v) is 3.73. The molecule has 1 saturated heterocycles. The van der Waals surface area contributed by atoms with Crippen molar-refractivity contribution in [3.8, 4) is 22.6 Å². The molecule has 144 valence electrons. The van der Waals surface area contributed by atoms with E-state index < -0.39 is 0 Å². The van der Waals surface area contributed by atoms with Gasteiger partial charge in [-0.2, -0.15) is 0 Å². The lowest BCUT2D eigenvalue weighted by atomic mass is 10.1. The van der Waals surface area contributed by atoms with Crippen molar-refractivity contribution < 1.29 is 4.42 Å². The van der Waals surface area contributed by atoms with Gasteiger partial charge in [-0.05, 0) is 24.3 Å². The van der Waals surface area contributed by atoms with Gasteiger partial charge in [-0.1, -0.05) is 24.3 Å². The van der Waals surface area contributed by atoms with E-state index in [1.54, 1.807) is 18.7 Å². The third kappa shape index (κ3) is 3.57. The molecule has 0 aliphatic carbocycles. The van der Waals surface area contributed by atoms with Gasteiger partial charge in [0.25, 0.3) is 0 Å². The van der Waals surface area contributed by atoms with Crippen LogP contribution in [0.1, 0.15) is 0 Å². The Labute approximate surface area is 169 Å². The fourth-order valence-electron chi connectivity index (χ4n) is 3.73. The normalized spacial score (nSPS) is 14.2. The highest BCUT2D eigenvalue weighted by Gasteiger charge is 2.21. The number of rotatable bonds is 4. The van der Waals surface area contributed by atoms with Crippen LogP contribution in [0.15, 0.2) is 84.0 Å².